The molecule has 0 saturated carbocycles. The molecule has 6 nitrogen and oxygen atoms in total. The summed E-state index contributed by atoms with van der Waals surface area (Å²) in [6.45, 7) is 5.40. The Labute approximate surface area is 149 Å². The molecule has 1 N–H and O–H groups in total. The quantitative estimate of drug-likeness (QED) is 0.810. The third-order valence-electron chi connectivity index (χ3n) is 3.23. The summed E-state index contributed by atoms with van der Waals surface area (Å²) in [7, 11) is 0.404. The molecule has 2 rings (SSSR count). The molecule has 7 heteroatoms. The molecule has 0 aliphatic carbocycles. The summed E-state index contributed by atoms with van der Waals surface area (Å²) in [6, 6.07) is 14.0. The number of nitrogens with one attached hydrogen (secondary N) is 1. The van der Waals surface area contributed by atoms with Gasteiger partial charge in [0, 0.05) is 25.3 Å². The van der Waals surface area contributed by atoms with Gasteiger partial charge in [-0.25, -0.2) is 13.1 Å². The predicted molar refractivity (Wildman–Crippen MR) is 101 cm³/mol. The maximum absolute atomic E-state index is 12.3. The van der Waals surface area contributed by atoms with Gasteiger partial charge < -0.3 is 4.90 Å². The van der Waals surface area contributed by atoms with Gasteiger partial charge in [0.05, 0.1) is 16.3 Å². The molecule has 0 aliphatic heterocycles. The van der Waals surface area contributed by atoms with Crippen LogP contribution in [0.1, 0.15) is 20.8 Å². The monoisotopic (exact) mass is 360 g/mol. The summed E-state index contributed by atoms with van der Waals surface area (Å²) < 4.78 is 27.1. The molecule has 25 heavy (non-hydrogen) atoms. The van der Waals surface area contributed by atoms with E-state index in [1.165, 1.54) is 12.1 Å². The van der Waals surface area contributed by atoms with Crippen LogP contribution in [-0.2, 0) is 10.0 Å². The number of azo groups is 1. The van der Waals surface area contributed by atoms with Crippen molar-refractivity contribution in [2.75, 3.05) is 19.0 Å². The van der Waals surface area contributed by atoms with Crippen molar-refractivity contribution in [1.29, 1.82) is 0 Å². The normalized spacial score (nSPS) is 12.5. The number of sulfonamides is 1. The van der Waals surface area contributed by atoms with Crippen LogP contribution >= 0.6 is 0 Å². The molecule has 0 fully saturated rings. The molecule has 0 unspecified atom stereocenters. The van der Waals surface area contributed by atoms with Crippen LogP contribution in [0.15, 0.2) is 63.7 Å². The zero-order chi connectivity index (χ0) is 18.7. The van der Waals surface area contributed by atoms with Crippen LogP contribution in [0.5, 0.6) is 0 Å². The van der Waals surface area contributed by atoms with Gasteiger partial charge in [0.1, 0.15) is 0 Å². The first-order valence-corrected chi connectivity index (χ1v) is 9.38. The van der Waals surface area contributed by atoms with Crippen LogP contribution in [0.25, 0.3) is 0 Å². The molecule has 0 radical (unpaired) electrons. The molecule has 0 spiro atoms. The minimum absolute atomic E-state index is 0.205. The first-order chi connectivity index (χ1) is 11.6. The van der Waals surface area contributed by atoms with Gasteiger partial charge in [-0.1, -0.05) is 0 Å². The first-order valence-electron chi connectivity index (χ1n) is 7.90. The summed E-state index contributed by atoms with van der Waals surface area (Å²) in [5.41, 5.74) is 1.87. The molecule has 0 aliphatic rings. The van der Waals surface area contributed by atoms with Crippen molar-refractivity contribution in [3.8, 4) is 0 Å². The minimum atomic E-state index is -3.54. The number of nitrogens with zero attached hydrogens (tertiary/aromatic N) is 3. The maximum Gasteiger partial charge on any atom is 0.241 e. The fraction of sp³-hybridized carbons (Fsp3) is 0.333. The van der Waals surface area contributed by atoms with E-state index in [9.17, 15) is 8.42 Å². The molecule has 0 heterocycles. The van der Waals surface area contributed by atoms with E-state index < -0.39 is 15.6 Å². The van der Waals surface area contributed by atoms with E-state index in [1.807, 2.05) is 43.3 Å². The van der Waals surface area contributed by atoms with Crippen LogP contribution in [0, 0.1) is 0 Å². The first kappa shape index (κ1) is 19.1. The highest BCUT2D eigenvalue weighted by Gasteiger charge is 2.21. The minimum Gasteiger partial charge on any atom is -0.378 e. The zero-order valence-electron chi connectivity index (χ0n) is 15.2. The smallest absolute Gasteiger partial charge is 0.241 e. The van der Waals surface area contributed by atoms with E-state index in [1.54, 1.807) is 32.9 Å². The molecular formula is C18H24N4O2S. The third-order valence-corrected chi connectivity index (χ3v) is 5.01. The van der Waals surface area contributed by atoms with Gasteiger partial charge >= 0.3 is 0 Å². The van der Waals surface area contributed by atoms with Crippen LogP contribution in [0.2, 0.25) is 0 Å². The number of anilines is 1. The van der Waals surface area contributed by atoms with Gasteiger partial charge in [-0.3, -0.25) is 0 Å². The highest BCUT2D eigenvalue weighted by atomic mass is 32.2. The Morgan fingerprint density at radius 3 is 1.68 bits per heavy atom. The van der Waals surface area contributed by atoms with Gasteiger partial charge in [0.15, 0.2) is 0 Å². The van der Waals surface area contributed by atoms with Crippen molar-refractivity contribution in [2.45, 2.75) is 31.2 Å². The molecule has 0 aromatic heterocycles. The second-order valence-corrected chi connectivity index (χ2v) is 8.64. The lowest BCUT2D eigenvalue weighted by atomic mass is 10.1. The fourth-order valence-electron chi connectivity index (χ4n) is 2.09. The maximum atomic E-state index is 12.3. The highest BCUT2D eigenvalue weighted by Crippen LogP contribution is 2.22. The topological polar surface area (TPSA) is 74.1 Å². The van der Waals surface area contributed by atoms with Crippen LogP contribution < -0.4 is 9.62 Å². The molecule has 0 saturated heterocycles. The summed E-state index contributed by atoms with van der Waals surface area (Å²) in [6.07, 6.45) is 0. The SMILES string of the molecule is CN(C)c1ccc(N=Nc2ccc(S(=O)(=O)NC(C)(C)C)cc2)cc1. The van der Waals surface area contributed by atoms with Crippen molar-refractivity contribution in [3.63, 3.8) is 0 Å². The van der Waals surface area contributed by atoms with Crippen molar-refractivity contribution < 1.29 is 8.42 Å². The van der Waals surface area contributed by atoms with E-state index in [0.29, 0.717) is 5.69 Å². The lowest BCUT2D eigenvalue weighted by molar-refractivity contribution is 0.491. The standard InChI is InChI=1S/C18H24N4O2S/c1-18(2,3)21-25(23,24)17-12-8-15(9-13-17)20-19-14-6-10-16(11-7-14)22(4)5/h6-13,21H,1-5H3. The molecule has 0 bridgehead atoms. The Morgan fingerprint density at radius 2 is 1.28 bits per heavy atom. The van der Waals surface area contributed by atoms with E-state index in [4.69, 9.17) is 0 Å². The lowest BCUT2D eigenvalue weighted by Gasteiger charge is -2.20. The van der Waals surface area contributed by atoms with Crippen molar-refractivity contribution in [3.05, 3.63) is 48.5 Å². The second-order valence-electron chi connectivity index (χ2n) is 6.96. The number of rotatable bonds is 5. The van der Waals surface area contributed by atoms with Crippen LogP contribution in [-0.4, -0.2) is 28.1 Å². The molecule has 2 aromatic rings. The highest BCUT2D eigenvalue weighted by molar-refractivity contribution is 7.89. The van der Waals surface area contributed by atoms with Gasteiger partial charge in [-0.05, 0) is 69.3 Å². The fourth-order valence-corrected chi connectivity index (χ4v) is 3.51. The van der Waals surface area contributed by atoms with Gasteiger partial charge in [0.25, 0.3) is 0 Å². The molecular weight excluding hydrogens is 336 g/mol. The molecule has 2 aromatic carbocycles. The Balaban J connectivity index is 2.12. The van der Waals surface area contributed by atoms with Gasteiger partial charge in [-0.2, -0.15) is 10.2 Å². The van der Waals surface area contributed by atoms with Gasteiger partial charge in [-0.15, -0.1) is 0 Å². The summed E-state index contributed by atoms with van der Waals surface area (Å²) in [4.78, 5) is 2.21. The van der Waals surface area contributed by atoms with Crippen molar-refractivity contribution in [2.24, 2.45) is 10.2 Å². The largest absolute Gasteiger partial charge is 0.378 e. The van der Waals surface area contributed by atoms with E-state index in [0.717, 1.165) is 11.4 Å². The summed E-state index contributed by atoms with van der Waals surface area (Å²) in [5, 5.41) is 8.31. The van der Waals surface area contributed by atoms with E-state index in [2.05, 4.69) is 15.0 Å². The van der Waals surface area contributed by atoms with E-state index in [-0.39, 0.29) is 4.90 Å². The third kappa shape index (κ3) is 5.65. The Bertz CT molecular complexity index is 834. The summed E-state index contributed by atoms with van der Waals surface area (Å²) in [5.74, 6) is 0. The van der Waals surface area contributed by atoms with Crippen LogP contribution in [0.3, 0.4) is 0 Å². The van der Waals surface area contributed by atoms with Crippen molar-refractivity contribution in [1.82, 2.24) is 4.72 Å². The number of hydrogen-bond acceptors (Lipinski definition) is 5. The molecule has 134 valence electrons. The zero-order valence-corrected chi connectivity index (χ0v) is 16.0. The number of benzene rings is 2. The van der Waals surface area contributed by atoms with Crippen LogP contribution in [0.4, 0.5) is 17.1 Å². The Morgan fingerprint density at radius 1 is 0.840 bits per heavy atom. The summed E-state index contributed by atoms with van der Waals surface area (Å²) >= 11 is 0. The van der Waals surface area contributed by atoms with Crippen molar-refractivity contribution >= 4 is 27.1 Å². The molecule has 0 amide bonds. The van der Waals surface area contributed by atoms with E-state index >= 15 is 0 Å². The van der Waals surface area contributed by atoms with Gasteiger partial charge in [0.2, 0.25) is 10.0 Å². The lowest BCUT2D eigenvalue weighted by Crippen LogP contribution is -2.40. The molecule has 0 atom stereocenters. The average Bonchev–Trinajstić information content (AvgIpc) is 2.51. The number of hydrogen-bond donors (Lipinski definition) is 1. The predicted octanol–water partition coefficient (Wildman–Crippen LogP) is 4.24. The second kappa shape index (κ2) is 7.33. The average molecular weight is 360 g/mol. The Kier molecular flexibility index (Phi) is 5.59. The Hall–Kier alpha value is -2.25.